The molecular weight excluding hydrogens is 292 g/mol. The average Bonchev–Trinajstić information content (AvgIpc) is 3.33. The number of tetrazole rings is 1. The lowest BCUT2D eigenvalue weighted by molar-refractivity contribution is -0.0242. The van der Waals surface area contributed by atoms with E-state index in [0.717, 1.165) is 38.0 Å². The van der Waals surface area contributed by atoms with Gasteiger partial charge in [0.15, 0.2) is 0 Å². The maximum Gasteiger partial charge on any atom is 0.247 e. The van der Waals surface area contributed by atoms with Crippen molar-refractivity contribution in [3.63, 3.8) is 0 Å². The van der Waals surface area contributed by atoms with Gasteiger partial charge >= 0.3 is 0 Å². The third kappa shape index (κ3) is 3.35. The van der Waals surface area contributed by atoms with Gasteiger partial charge in [0, 0.05) is 25.7 Å². The fraction of sp³-hybridized carbons (Fsp3) is 0.562. The van der Waals surface area contributed by atoms with Crippen LogP contribution in [0.15, 0.2) is 24.3 Å². The minimum atomic E-state index is 0.188. The maximum absolute atomic E-state index is 5.86. The van der Waals surface area contributed by atoms with Gasteiger partial charge in [-0.2, -0.15) is 4.68 Å². The van der Waals surface area contributed by atoms with Crippen molar-refractivity contribution in [2.75, 3.05) is 31.6 Å². The number of nitrogens with one attached hydrogen (secondary N) is 1. The summed E-state index contributed by atoms with van der Waals surface area (Å²) in [4.78, 5) is 2.54. The Labute approximate surface area is 135 Å². The average molecular weight is 314 g/mol. The molecule has 4 rings (SSSR count). The van der Waals surface area contributed by atoms with E-state index in [4.69, 9.17) is 4.74 Å². The minimum Gasteiger partial charge on any atom is -0.374 e. The van der Waals surface area contributed by atoms with Crippen molar-refractivity contribution in [1.29, 1.82) is 0 Å². The van der Waals surface area contributed by atoms with Crippen molar-refractivity contribution >= 4 is 5.95 Å². The Hall–Kier alpha value is -1.99. The Morgan fingerprint density at radius 1 is 1.26 bits per heavy atom. The zero-order valence-corrected chi connectivity index (χ0v) is 13.4. The number of aryl methyl sites for hydroxylation is 1. The van der Waals surface area contributed by atoms with E-state index in [0.29, 0.717) is 5.95 Å². The van der Waals surface area contributed by atoms with Crippen LogP contribution < -0.4 is 5.32 Å². The van der Waals surface area contributed by atoms with Gasteiger partial charge in [0.05, 0.1) is 18.4 Å². The molecule has 1 aromatic carbocycles. The normalized spacial score (nSPS) is 22.2. The molecule has 1 aromatic heterocycles. The number of ether oxygens (including phenoxy) is 1. The van der Waals surface area contributed by atoms with Gasteiger partial charge in [-0.3, -0.25) is 4.90 Å². The predicted octanol–water partition coefficient (Wildman–Crippen LogP) is 1.25. The summed E-state index contributed by atoms with van der Waals surface area (Å²) in [6, 6.07) is 8.93. The molecule has 1 aliphatic carbocycles. The standard InChI is InChI=1S/C16H22N6O/c1-12-2-4-14(5-3-12)22-16(18-19-20-22)17-10-15-11-21(8-9-23-15)13-6-7-13/h2-5,13,15H,6-11H2,1H3,(H,17,18,20). The van der Waals surface area contributed by atoms with Crippen LogP contribution in [0.4, 0.5) is 5.95 Å². The van der Waals surface area contributed by atoms with E-state index in [2.05, 4.69) is 44.8 Å². The molecule has 7 nitrogen and oxygen atoms in total. The predicted molar refractivity (Wildman–Crippen MR) is 86.7 cm³/mol. The van der Waals surface area contributed by atoms with Crippen molar-refractivity contribution in [3.05, 3.63) is 29.8 Å². The lowest BCUT2D eigenvalue weighted by Gasteiger charge is -2.33. The molecule has 0 spiro atoms. The van der Waals surface area contributed by atoms with Gasteiger partial charge in [-0.25, -0.2) is 0 Å². The highest BCUT2D eigenvalue weighted by atomic mass is 16.5. The van der Waals surface area contributed by atoms with E-state index >= 15 is 0 Å². The minimum absolute atomic E-state index is 0.188. The first-order chi connectivity index (χ1) is 11.3. The van der Waals surface area contributed by atoms with Crippen molar-refractivity contribution in [3.8, 4) is 5.69 Å². The third-order valence-electron chi connectivity index (χ3n) is 4.47. The van der Waals surface area contributed by atoms with Crippen LogP contribution in [-0.4, -0.2) is 63.5 Å². The number of benzene rings is 1. The summed E-state index contributed by atoms with van der Waals surface area (Å²) in [7, 11) is 0. The van der Waals surface area contributed by atoms with Gasteiger partial charge in [0.25, 0.3) is 0 Å². The first kappa shape index (κ1) is 14.6. The van der Waals surface area contributed by atoms with Gasteiger partial charge in [-0.05, 0) is 42.3 Å². The number of morpholine rings is 1. The van der Waals surface area contributed by atoms with Crippen molar-refractivity contribution in [2.24, 2.45) is 0 Å². The molecule has 122 valence electrons. The number of nitrogens with zero attached hydrogens (tertiary/aromatic N) is 5. The van der Waals surface area contributed by atoms with Crippen LogP contribution in [-0.2, 0) is 4.74 Å². The first-order valence-corrected chi connectivity index (χ1v) is 8.24. The molecule has 2 fully saturated rings. The highest BCUT2D eigenvalue weighted by Gasteiger charge is 2.32. The van der Waals surface area contributed by atoms with Crippen LogP contribution >= 0.6 is 0 Å². The Morgan fingerprint density at radius 3 is 2.87 bits per heavy atom. The quantitative estimate of drug-likeness (QED) is 0.896. The molecule has 1 aliphatic heterocycles. The highest BCUT2D eigenvalue weighted by Crippen LogP contribution is 2.28. The lowest BCUT2D eigenvalue weighted by atomic mass is 10.2. The smallest absolute Gasteiger partial charge is 0.247 e. The molecule has 2 aromatic rings. The molecule has 2 heterocycles. The second-order valence-electron chi connectivity index (χ2n) is 6.35. The first-order valence-electron chi connectivity index (χ1n) is 8.24. The Bertz CT molecular complexity index is 651. The van der Waals surface area contributed by atoms with Gasteiger partial charge in [-0.1, -0.05) is 22.8 Å². The molecule has 1 saturated heterocycles. The number of rotatable bonds is 5. The molecule has 1 atom stereocenters. The molecule has 2 aliphatic rings. The highest BCUT2D eigenvalue weighted by molar-refractivity contribution is 5.39. The molecular formula is C16H22N6O. The second kappa shape index (κ2) is 6.25. The SMILES string of the molecule is Cc1ccc(-n2nnnc2NCC2CN(C3CC3)CCO2)cc1. The van der Waals surface area contributed by atoms with E-state index in [1.54, 1.807) is 4.68 Å². The molecule has 0 radical (unpaired) electrons. The van der Waals surface area contributed by atoms with Crippen molar-refractivity contribution < 1.29 is 4.74 Å². The summed E-state index contributed by atoms with van der Waals surface area (Å²) in [5.41, 5.74) is 2.17. The summed E-state index contributed by atoms with van der Waals surface area (Å²) in [5, 5.41) is 15.3. The zero-order chi connectivity index (χ0) is 15.6. The van der Waals surface area contributed by atoms with Gasteiger partial charge in [-0.15, -0.1) is 0 Å². The van der Waals surface area contributed by atoms with E-state index < -0.39 is 0 Å². The summed E-state index contributed by atoms with van der Waals surface area (Å²) in [6.07, 6.45) is 2.87. The van der Waals surface area contributed by atoms with Crippen LogP contribution in [0.25, 0.3) is 5.69 Å². The summed E-state index contributed by atoms with van der Waals surface area (Å²) >= 11 is 0. The Morgan fingerprint density at radius 2 is 2.09 bits per heavy atom. The number of anilines is 1. The van der Waals surface area contributed by atoms with E-state index in [-0.39, 0.29) is 6.10 Å². The van der Waals surface area contributed by atoms with Gasteiger partial charge in [0.2, 0.25) is 5.95 Å². The molecule has 7 heteroatoms. The lowest BCUT2D eigenvalue weighted by Crippen LogP contribution is -2.46. The maximum atomic E-state index is 5.86. The van der Waals surface area contributed by atoms with E-state index in [9.17, 15) is 0 Å². The number of hydrogen-bond acceptors (Lipinski definition) is 6. The fourth-order valence-electron chi connectivity index (χ4n) is 3.00. The zero-order valence-electron chi connectivity index (χ0n) is 13.4. The molecule has 0 amide bonds. The second-order valence-corrected chi connectivity index (χ2v) is 6.35. The van der Waals surface area contributed by atoms with Crippen LogP contribution in [0.2, 0.25) is 0 Å². The van der Waals surface area contributed by atoms with Crippen molar-refractivity contribution in [1.82, 2.24) is 25.1 Å². The molecule has 1 N–H and O–H groups in total. The fourth-order valence-corrected chi connectivity index (χ4v) is 3.00. The van der Waals surface area contributed by atoms with E-state index in [1.165, 1.54) is 18.4 Å². The third-order valence-corrected chi connectivity index (χ3v) is 4.47. The van der Waals surface area contributed by atoms with Gasteiger partial charge in [0.1, 0.15) is 0 Å². The summed E-state index contributed by atoms with van der Waals surface area (Å²) in [5.74, 6) is 0.654. The van der Waals surface area contributed by atoms with E-state index in [1.807, 2.05) is 12.1 Å². The van der Waals surface area contributed by atoms with Crippen LogP contribution in [0.5, 0.6) is 0 Å². The van der Waals surface area contributed by atoms with Gasteiger partial charge < -0.3 is 10.1 Å². The molecule has 1 unspecified atom stereocenters. The molecule has 0 bridgehead atoms. The van der Waals surface area contributed by atoms with Crippen LogP contribution in [0.3, 0.4) is 0 Å². The molecule has 23 heavy (non-hydrogen) atoms. The largest absolute Gasteiger partial charge is 0.374 e. The number of hydrogen-bond donors (Lipinski definition) is 1. The summed E-state index contributed by atoms with van der Waals surface area (Å²) in [6.45, 7) is 5.64. The molecule has 1 saturated carbocycles. The van der Waals surface area contributed by atoms with Crippen LogP contribution in [0.1, 0.15) is 18.4 Å². The van der Waals surface area contributed by atoms with Crippen LogP contribution in [0, 0.1) is 6.92 Å². The summed E-state index contributed by atoms with van der Waals surface area (Å²) < 4.78 is 7.59. The number of aromatic nitrogens is 4. The monoisotopic (exact) mass is 314 g/mol. The Balaban J connectivity index is 1.39. The topological polar surface area (TPSA) is 68.1 Å². The Kier molecular flexibility index (Phi) is 3.97. The van der Waals surface area contributed by atoms with Crippen molar-refractivity contribution in [2.45, 2.75) is 31.9 Å².